The number of carboxylic acids is 1. The highest BCUT2D eigenvalue weighted by molar-refractivity contribution is 5.94. The van der Waals surface area contributed by atoms with Gasteiger partial charge in [-0.1, -0.05) is 30.3 Å². The molecule has 14 N–H and O–H groups in total. The molecule has 0 fully saturated rings. The molecular formula is C24H40N10O5. The van der Waals surface area contributed by atoms with Crippen molar-refractivity contribution in [1.82, 2.24) is 16.0 Å². The third-order valence-corrected chi connectivity index (χ3v) is 5.47. The second kappa shape index (κ2) is 17.2. The summed E-state index contributed by atoms with van der Waals surface area (Å²) in [5.41, 5.74) is 27.7. The molecule has 0 spiro atoms. The largest absolute Gasteiger partial charge is 0.480 e. The molecule has 3 amide bonds. The van der Waals surface area contributed by atoms with Crippen molar-refractivity contribution in [3.63, 3.8) is 0 Å². The maximum Gasteiger partial charge on any atom is 0.326 e. The first kappa shape index (κ1) is 32.6. The molecule has 4 atom stereocenters. The first-order chi connectivity index (χ1) is 18.4. The highest BCUT2D eigenvalue weighted by Crippen LogP contribution is 2.07. The van der Waals surface area contributed by atoms with Gasteiger partial charge in [0, 0.05) is 19.5 Å². The Bertz CT molecular complexity index is 1010. The fraction of sp³-hybridized carbons (Fsp3) is 0.500. The van der Waals surface area contributed by atoms with Gasteiger partial charge < -0.3 is 49.7 Å². The zero-order valence-corrected chi connectivity index (χ0v) is 22.0. The molecule has 0 aliphatic heterocycles. The Morgan fingerprint density at radius 2 is 1.21 bits per heavy atom. The van der Waals surface area contributed by atoms with E-state index in [0.717, 1.165) is 0 Å². The Hall–Kier alpha value is -4.40. The number of hydrogen-bond donors (Lipinski definition) is 9. The lowest BCUT2D eigenvalue weighted by Crippen LogP contribution is -2.57. The van der Waals surface area contributed by atoms with Crippen molar-refractivity contribution in [1.29, 1.82) is 0 Å². The minimum Gasteiger partial charge on any atom is -0.480 e. The fourth-order valence-corrected chi connectivity index (χ4v) is 3.44. The van der Waals surface area contributed by atoms with Gasteiger partial charge in [0.2, 0.25) is 17.7 Å². The standard InChI is InChI=1S/C24H40N10O5/c1-14(25)19(35)32-16(9-5-11-30-23(26)27)20(36)33-17(10-6-12-31-24(28)29)21(37)34-18(22(38)39)13-15-7-3-2-4-8-15/h2-4,7-8,14,16-18H,5-6,9-13,25H2,1H3,(H,32,35)(H,33,36)(H,34,37)(H,38,39)(H4,26,27,30)(H4,28,29,31). The number of guanidine groups is 2. The number of rotatable bonds is 17. The second-order valence-corrected chi connectivity index (χ2v) is 8.90. The summed E-state index contributed by atoms with van der Waals surface area (Å²) in [5, 5.41) is 17.3. The number of carbonyl (C=O) groups is 4. The zero-order chi connectivity index (χ0) is 29.4. The number of carbonyl (C=O) groups excluding carboxylic acids is 3. The van der Waals surface area contributed by atoms with E-state index in [1.165, 1.54) is 6.92 Å². The average Bonchev–Trinajstić information content (AvgIpc) is 2.87. The number of nitrogens with zero attached hydrogens (tertiary/aromatic N) is 2. The molecule has 1 rings (SSSR count). The van der Waals surface area contributed by atoms with Gasteiger partial charge in [-0.25, -0.2) is 4.79 Å². The molecule has 39 heavy (non-hydrogen) atoms. The van der Waals surface area contributed by atoms with Gasteiger partial charge in [0.25, 0.3) is 0 Å². The van der Waals surface area contributed by atoms with E-state index in [1.807, 2.05) is 0 Å². The van der Waals surface area contributed by atoms with Crippen LogP contribution in [0.5, 0.6) is 0 Å². The summed E-state index contributed by atoms with van der Waals surface area (Å²) >= 11 is 0. The van der Waals surface area contributed by atoms with Gasteiger partial charge in [-0.2, -0.15) is 0 Å². The van der Waals surface area contributed by atoms with Gasteiger partial charge in [-0.05, 0) is 38.2 Å². The van der Waals surface area contributed by atoms with E-state index in [-0.39, 0.29) is 44.3 Å². The lowest BCUT2D eigenvalue weighted by Gasteiger charge is -2.25. The van der Waals surface area contributed by atoms with Crippen LogP contribution < -0.4 is 44.6 Å². The first-order valence-electron chi connectivity index (χ1n) is 12.4. The van der Waals surface area contributed by atoms with Gasteiger partial charge in [-0.3, -0.25) is 24.4 Å². The van der Waals surface area contributed by atoms with Crippen LogP contribution in [-0.2, 0) is 25.6 Å². The van der Waals surface area contributed by atoms with Crippen LogP contribution in [0.1, 0.15) is 38.2 Å². The molecule has 1 aromatic rings. The van der Waals surface area contributed by atoms with Crippen molar-refractivity contribution in [3.05, 3.63) is 35.9 Å². The SMILES string of the molecule is CC(N)C(=O)NC(CCCN=C(N)N)C(=O)NC(CCCN=C(N)N)C(=O)NC(Cc1ccccc1)C(=O)O. The minimum atomic E-state index is -1.25. The third-order valence-electron chi connectivity index (χ3n) is 5.47. The lowest BCUT2D eigenvalue weighted by molar-refractivity contribution is -0.142. The Labute approximate surface area is 227 Å². The summed E-state index contributed by atoms with van der Waals surface area (Å²) in [7, 11) is 0. The van der Waals surface area contributed by atoms with Crippen molar-refractivity contribution in [2.75, 3.05) is 13.1 Å². The Kier molecular flexibility index (Phi) is 14.4. The van der Waals surface area contributed by atoms with Crippen molar-refractivity contribution in [3.8, 4) is 0 Å². The molecule has 0 saturated carbocycles. The number of amides is 3. The molecule has 0 aromatic heterocycles. The summed E-state index contributed by atoms with van der Waals surface area (Å²) in [5.74, 6) is -3.43. The van der Waals surface area contributed by atoms with Gasteiger partial charge in [-0.15, -0.1) is 0 Å². The van der Waals surface area contributed by atoms with Crippen molar-refractivity contribution < 1.29 is 24.3 Å². The Morgan fingerprint density at radius 3 is 1.62 bits per heavy atom. The van der Waals surface area contributed by atoms with Crippen LogP contribution in [0.15, 0.2) is 40.3 Å². The number of carboxylic acid groups (broad SMARTS) is 1. The maximum atomic E-state index is 13.2. The van der Waals surface area contributed by atoms with Crippen molar-refractivity contribution >= 4 is 35.6 Å². The second-order valence-electron chi connectivity index (χ2n) is 8.90. The van der Waals surface area contributed by atoms with Gasteiger partial charge in [0.1, 0.15) is 18.1 Å². The summed E-state index contributed by atoms with van der Waals surface area (Å²) in [6.07, 6.45) is 0.917. The quantitative estimate of drug-likeness (QED) is 0.0548. The smallest absolute Gasteiger partial charge is 0.326 e. The van der Waals surface area contributed by atoms with Crippen molar-refractivity contribution in [2.24, 2.45) is 38.7 Å². The topological polar surface area (TPSA) is 279 Å². The average molecular weight is 549 g/mol. The summed E-state index contributed by atoms with van der Waals surface area (Å²) in [4.78, 5) is 58.2. The summed E-state index contributed by atoms with van der Waals surface area (Å²) in [6, 6.07) is 4.46. The van der Waals surface area contributed by atoms with E-state index in [4.69, 9.17) is 28.7 Å². The minimum absolute atomic E-state index is 0.0362. The molecule has 216 valence electrons. The van der Waals surface area contributed by atoms with Crippen LogP contribution in [0.4, 0.5) is 0 Å². The van der Waals surface area contributed by atoms with E-state index in [2.05, 4.69) is 25.9 Å². The number of benzene rings is 1. The Balaban J connectivity index is 3.06. The number of nitrogens with one attached hydrogen (secondary N) is 3. The molecular weight excluding hydrogens is 508 g/mol. The van der Waals surface area contributed by atoms with Crippen LogP contribution in [0, 0.1) is 0 Å². The molecule has 1 aromatic carbocycles. The molecule has 15 heteroatoms. The van der Waals surface area contributed by atoms with Gasteiger partial charge in [0.15, 0.2) is 11.9 Å². The van der Waals surface area contributed by atoms with Gasteiger partial charge in [0.05, 0.1) is 6.04 Å². The zero-order valence-electron chi connectivity index (χ0n) is 22.0. The predicted octanol–water partition coefficient (Wildman–Crippen LogP) is -2.78. The van der Waals surface area contributed by atoms with E-state index in [1.54, 1.807) is 30.3 Å². The van der Waals surface area contributed by atoms with Crippen molar-refractivity contribution in [2.45, 2.75) is 63.2 Å². The summed E-state index contributed by atoms with van der Waals surface area (Å²) in [6.45, 7) is 1.85. The third kappa shape index (κ3) is 13.6. The normalized spacial score (nSPS) is 13.6. The van der Waals surface area contributed by atoms with Crippen LogP contribution in [0.25, 0.3) is 0 Å². The fourth-order valence-electron chi connectivity index (χ4n) is 3.44. The number of hydrogen-bond acceptors (Lipinski definition) is 7. The molecule has 0 bridgehead atoms. The maximum absolute atomic E-state index is 13.2. The summed E-state index contributed by atoms with van der Waals surface area (Å²) < 4.78 is 0. The first-order valence-corrected chi connectivity index (χ1v) is 12.4. The van der Waals surface area contributed by atoms with E-state index >= 15 is 0 Å². The lowest BCUT2D eigenvalue weighted by atomic mass is 10.0. The molecule has 0 aliphatic rings. The molecule has 0 heterocycles. The van der Waals surface area contributed by atoms with E-state index in [9.17, 15) is 24.3 Å². The molecule has 0 saturated heterocycles. The molecule has 15 nitrogen and oxygen atoms in total. The predicted molar refractivity (Wildman–Crippen MR) is 147 cm³/mol. The Morgan fingerprint density at radius 1 is 0.769 bits per heavy atom. The van der Waals surface area contributed by atoms with Gasteiger partial charge >= 0.3 is 5.97 Å². The highest BCUT2D eigenvalue weighted by atomic mass is 16.4. The van der Waals surface area contributed by atoms with Crippen LogP contribution >= 0.6 is 0 Å². The number of nitrogens with two attached hydrogens (primary N) is 5. The molecule has 0 aliphatic carbocycles. The molecule has 0 radical (unpaired) electrons. The van der Waals surface area contributed by atoms with Crippen LogP contribution in [-0.4, -0.2) is 78.0 Å². The number of aliphatic carboxylic acids is 1. The monoisotopic (exact) mass is 548 g/mol. The van der Waals surface area contributed by atoms with Crippen LogP contribution in [0.3, 0.4) is 0 Å². The number of aliphatic imine (C=N–C) groups is 2. The van der Waals surface area contributed by atoms with E-state index < -0.39 is 47.9 Å². The molecule has 4 unspecified atom stereocenters. The van der Waals surface area contributed by atoms with Crippen LogP contribution in [0.2, 0.25) is 0 Å². The highest BCUT2D eigenvalue weighted by Gasteiger charge is 2.29. The van der Waals surface area contributed by atoms with E-state index in [0.29, 0.717) is 18.4 Å².